The van der Waals surface area contributed by atoms with Crippen molar-refractivity contribution in [1.82, 2.24) is 10.6 Å². The normalized spacial score (nSPS) is 18.5. The summed E-state index contributed by atoms with van der Waals surface area (Å²) in [5, 5.41) is 5.71. The van der Waals surface area contributed by atoms with Gasteiger partial charge in [0, 0.05) is 18.0 Å². The monoisotopic (exact) mass is 324 g/mol. The lowest BCUT2D eigenvalue weighted by Gasteiger charge is -2.16. The second-order valence-corrected chi connectivity index (χ2v) is 5.45. The third kappa shape index (κ3) is 4.21. The van der Waals surface area contributed by atoms with Crippen LogP contribution in [0.15, 0.2) is 24.3 Å². The summed E-state index contributed by atoms with van der Waals surface area (Å²) in [4.78, 5) is 34.8. The molecule has 1 aromatic rings. The van der Waals surface area contributed by atoms with Crippen molar-refractivity contribution in [2.24, 2.45) is 0 Å². The molecule has 2 rings (SSSR count). The maximum Gasteiger partial charge on any atom is 0.329 e. The molecule has 0 aromatic heterocycles. The number of rotatable bonds is 5. The van der Waals surface area contributed by atoms with E-state index in [1.807, 2.05) is 6.07 Å². The SMILES string of the molecule is C[C@@H](OC(=O)[C@H]1CCC(=O)N1)C(=O)NCc1ccccc1Cl. The minimum atomic E-state index is -0.938. The molecule has 1 fully saturated rings. The molecule has 1 saturated heterocycles. The first-order valence-corrected chi connectivity index (χ1v) is 7.36. The highest BCUT2D eigenvalue weighted by Gasteiger charge is 2.30. The Hall–Kier alpha value is -2.08. The van der Waals surface area contributed by atoms with Gasteiger partial charge in [0.05, 0.1) is 0 Å². The zero-order valence-electron chi connectivity index (χ0n) is 12.1. The van der Waals surface area contributed by atoms with Crippen molar-refractivity contribution in [2.75, 3.05) is 0 Å². The van der Waals surface area contributed by atoms with Crippen molar-refractivity contribution in [3.05, 3.63) is 34.9 Å². The van der Waals surface area contributed by atoms with Gasteiger partial charge in [-0.2, -0.15) is 0 Å². The minimum Gasteiger partial charge on any atom is -0.451 e. The van der Waals surface area contributed by atoms with E-state index in [0.717, 1.165) is 5.56 Å². The number of carbonyl (C=O) groups excluding carboxylic acids is 3. The van der Waals surface area contributed by atoms with E-state index in [-0.39, 0.29) is 12.5 Å². The average Bonchev–Trinajstić information content (AvgIpc) is 2.92. The van der Waals surface area contributed by atoms with E-state index in [2.05, 4.69) is 10.6 Å². The maximum absolute atomic E-state index is 11.9. The van der Waals surface area contributed by atoms with Crippen LogP contribution >= 0.6 is 11.6 Å². The predicted molar refractivity (Wildman–Crippen MR) is 80.0 cm³/mol. The number of hydrogen-bond acceptors (Lipinski definition) is 4. The van der Waals surface area contributed by atoms with Crippen LogP contribution in [0.2, 0.25) is 5.02 Å². The van der Waals surface area contributed by atoms with Crippen molar-refractivity contribution >= 4 is 29.4 Å². The molecule has 0 unspecified atom stereocenters. The van der Waals surface area contributed by atoms with Crippen molar-refractivity contribution in [3.8, 4) is 0 Å². The topological polar surface area (TPSA) is 84.5 Å². The molecule has 22 heavy (non-hydrogen) atoms. The fraction of sp³-hybridized carbons (Fsp3) is 0.400. The van der Waals surface area contributed by atoms with Gasteiger partial charge in [-0.1, -0.05) is 29.8 Å². The predicted octanol–water partition coefficient (Wildman–Crippen LogP) is 1.17. The molecule has 0 radical (unpaired) electrons. The lowest BCUT2D eigenvalue weighted by molar-refractivity contribution is -0.156. The molecule has 0 aliphatic carbocycles. The van der Waals surface area contributed by atoms with E-state index >= 15 is 0 Å². The molecule has 1 heterocycles. The highest BCUT2D eigenvalue weighted by molar-refractivity contribution is 6.31. The highest BCUT2D eigenvalue weighted by atomic mass is 35.5. The van der Waals surface area contributed by atoms with Crippen LogP contribution in [-0.2, 0) is 25.7 Å². The third-order valence-corrected chi connectivity index (χ3v) is 3.72. The number of hydrogen-bond donors (Lipinski definition) is 2. The smallest absolute Gasteiger partial charge is 0.329 e. The molecular formula is C15H17ClN2O4. The summed E-state index contributed by atoms with van der Waals surface area (Å²) >= 11 is 5.99. The van der Waals surface area contributed by atoms with Crippen LogP contribution < -0.4 is 10.6 Å². The van der Waals surface area contributed by atoms with E-state index in [4.69, 9.17) is 16.3 Å². The molecule has 7 heteroatoms. The molecule has 2 amide bonds. The van der Waals surface area contributed by atoms with E-state index < -0.39 is 24.0 Å². The number of ether oxygens (including phenoxy) is 1. The lowest BCUT2D eigenvalue weighted by atomic mass is 10.2. The Bertz CT molecular complexity index is 591. The quantitative estimate of drug-likeness (QED) is 0.796. The van der Waals surface area contributed by atoms with Crippen LogP contribution in [0.4, 0.5) is 0 Å². The number of halogens is 1. The molecule has 2 N–H and O–H groups in total. The van der Waals surface area contributed by atoms with Crippen LogP contribution in [0.3, 0.4) is 0 Å². The number of amides is 2. The summed E-state index contributed by atoms with van der Waals surface area (Å²) in [6, 6.07) is 6.49. The third-order valence-electron chi connectivity index (χ3n) is 3.35. The molecule has 1 aliphatic rings. The second kappa shape index (κ2) is 7.26. The first-order valence-electron chi connectivity index (χ1n) is 6.98. The van der Waals surface area contributed by atoms with Crippen LogP contribution in [0, 0.1) is 0 Å². The van der Waals surface area contributed by atoms with Crippen LogP contribution in [0.5, 0.6) is 0 Å². The number of esters is 1. The molecule has 0 spiro atoms. The molecule has 0 bridgehead atoms. The Morgan fingerprint density at radius 1 is 1.45 bits per heavy atom. The Morgan fingerprint density at radius 3 is 2.82 bits per heavy atom. The molecule has 6 nitrogen and oxygen atoms in total. The van der Waals surface area contributed by atoms with Crippen LogP contribution in [-0.4, -0.2) is 29.9 Å². The van der Waals surface area contributed by atoms with Gasteiger partial charge < -0.3 is 15.4 Å². The van der Waals surface area contributed by atoms with E-state index in [1.54, 1.807) is 18.2 Å². The van der Waals surface area contributed by atoms with Gasteiger partial charge in [-0.3, -0.25) is 9.59 Å². The van der Waals surface area contributed by atoms with Crippen molar-refractivity contribution < 1.29 is 19.1 Å². The van der Waals surface area contributed by atoms with Crippen molar-refractivity contribution in [3.63, 3.8) is 0 Å². The molecule has 2 atom stereocenters. The minimum absolute atomic E-state index is 0.183. The van der Waals surface area contributed by atoms with Gasteiger partial charge in [0.25, 0.3) is 5.91 Å². The molecular weight excluding hydrogens is 308 g/mol. The summed E-state index contributed by atoms with van der Waals surface area (Å²) in [6.45, 7) is 1.73. The van der Waals surface area contributed by atoms with Gasteiger partial charge >= 0.3 is 5.97 Å². The number of carbonyl (C=O) groups is 3. The number of nitrogens with one attached hydrogen (secondary N) is 2. The Morgan fingerprint density at radius 2 is 2.18 bits per heavy atom. The van der Waals surface area contributed by atoms with Gasteiger partial charge in [0.1, 0.15) is 6.04 Å². The largest absolute Gasteiger partial charge is 0.451 e. The van der Waals surface area contributed by atoms with Crippen LogP contribution in [0.1, 0.15) is 25.3 Å². The Balaban J connectivity index is 1.81. The summed E-state index contributed by atoms with van der Waals surface area (Å²) < 4.78 is 5.06. The first-order chi connectivity index (χ1) is 10.5. The van der Waals surface area contributed by atoms with E-state index in [1.165, 1.54) is 6.92 Å². The fourth-order valence-electron chi connectivity index (χ4n) is 2.07. The highest BCUT2D eigenvalue weighted by Crippen LogP contribution is 2.14. The molecule has 1 aliphatic heterocycles. The Kier molecular flexibility index (Phi) is 5.38. The van der Waals surface area contributed by atoms with Crippen molar-refractivity contribution in [2.45, 2.75) is 38.5 Å². The first kappa shape index (κ1) is 16.3. The molecule has 0 saturated carbocycles. The van der Waals surface area contributed by atoms with Gasteiger partial charge in [-0.25, -0.2) is 4.79 Å². The maximum atomic E-state index is 11.9. The zero-order chi connectivity index (χ0) is 16.1. The summed E-state index contributed by atoms with van der Waals surface area (Å²) in [6.07, 6.45) is -0.245. The molecule has 118 valence electrons. The summed E-state index contributed by atoms with van der Waals surface area (Å²) in [5.74, 6) is -1.19. The standard InChI is InChI=1S/C15H17ClN2O4/c1-9(22-15(21)12-6-7-13(19)18-12)14(20)17-8-10-4-2-3-5-11(10)16/h2-5,9,12H,6-8H2,1H3,(H,17,20)(H,18,19)/t9-,12-/m1/s1. The lowest BCUT2D eigenvalue weighted by Crippen LogP contribution is -2.41. The zero-order valence-corrected chi connectivity index (χ0v) is 12.9. The number of benzene rings is 1. The summed E-state index contributed by atoms with van der Waals surface area (Å²) in [5.41, 5.74) is 0.777. The van der Waals surface area contributed by atoms with Gasteiger partial charge in [-0.05, 0) is 25.0 Å². The second-order valence-electron chi connectivity index (χ2n) is 5.05. The summed E-state index contributed by atoms with van der Waals surface area (Å²) in [7, 11) is 0. The van der Waals surface area contributed by atoms with Gasteiger partial charge in [-0.15, -0.1) is 0 Å². The van der Waals surface area contributed by atoms with Gasteiger partial charge in [0.2, 0.25) is 5.91 Å². The van der Waals surface area contributed by atoms with E-state index in [9.17, 15) is 14.4 Å². The van der Waals surface area contributed by atoms with Crippen molar-refractivity contribution in [1.29, 1.82) is 0 Å². The van der Waals surface area contributed by atoms with E-state index in [0.29, 0.717) is 17.9 Å². The fourth-order valence-corrected chi connectivity index (χ4v) is 2.27. The van der Waals surface area contributed by atoms with Gasteiger partial charge in [0.15, 0.2) is 6.10 Å². The molecule has 1 aromatic carbocycles. The average molecular weight is 325 g/mol. The Labute approximate surface area is 133 Å². The van der Waals surface area contributed by atoms with Crippen LogP contribution in [0.25, 0.3) is 0 Å².